The van der Waals surface area contributed by atoms with E-state index in [0.29, 0.717) is 32.1 Å². The number of nitrogens with zero attached hydrogens (tertiary/aromatic N) is 5. The van der Waals surface area contributed by atoms with Gasteiger partial charge >= 0.3 is 5.97 Å². The summed E-state index contributed by atoms with van der Waals surface area (Å²) in [7, 11) is 0.455. The van der Waals surface area contributed by atoms with Crippen LogP contribution in [0.15, 0.2) is 53.0 Å². The highest BCUT2D eigenvalue weighted by atomic mass is 32.2. The summed E-state index contributed by atoms with van der Waals surface area (Å²) in [6.45, 7) is 4.42. The van der Waals surface area contributed by atoms with Gasteiger partial charge in [-0.1, -0.05) is 12.1 Å². The molecule has 0 saturated carbocycles. The van der Waals surface area contributed by atoms with E-state index < -0.39 is 16.0 Å². The van der Waals surface area contributed by atoms with E-state index in [1.54, 1.807) is 30.4 Å². The van der Waals surface area contributed by atoms with Crippen molar-refractivity contribution in [3.8, 4) is 11.1 Å². The van der Waals surface area contributed by atoms with Gasteiger partial charge in [-0.2, -0.15) is 4.31 Å². The van der Waals surface area contributed by atoms with Gasteiger partial charge in [0.15, 0.2) is 0 Å². The fraction of sp³-hybridized carbons (Fsp3) is 0.375. The van der Waals surface area contributed by atoms with Crippen LogP contribution >= 0.6 is 11.3 Å². The molecule has 0 spiro atoms. The SMILES string of the molecule is CCOC(=O)c1cnc(N2CCN(S(=O)(=O)c3ccc(-c4ccsc4CN(C)C)cc3)CC2)nc1. The van der Waals surface area contributed by atoms with E-state index in [9.17, 15) is 13.2 Å². The molecule has 0 radical (unpaired) electrons. The zero-order valence-corrected chi connectivity index (χ0v) is 21.7. The molecule has 1 fully saturated rings. The average Bonchev–Trinajstić information content (AvgIpc) is 3.32. The molecule has 0 amide bonds. The van der Waals surface area contributed by atoms with Crippen LogP contribution < -0.4 is 4.90 Å². The van der Waals surface area contributed by atoms with E-state index in [1.807, 2.05) is 31.1 Å². The van der Waals surface area contributed by atoms with Crippen molar-refractivity contribution in [1.82, 2.24) is 19.2 Å². The van der Waals surface area contributed by atoms with Crippen molar-refractivity contribution in [2.75, 3.05) is 51.8 Å². The normalized spacial score (nSPS) is 14.9. The van der Waals surface area contributed by atoms with E-state index in [0.717, 1.165) is 17.7 Å². The third-order valence-corrected chi connectivity index (χ3v) is 8.50. The molecule has 35 heavy (non-hydrogen) atoms. The molecular weight excluding hydrogens is 486 g/mol. The highest BCUT2D eigenvalue weighted by molar-refractivity contribution is 7.89. The minimum Gasteiger partial charge on any atom is -0.462 e. The zero-order valence-electron chi connectivity index (χ0n) is 20.0. The quantitative estimate of drug-likeness (QED) is 0.423. The van der Waals surface area contributed by atoms with Gasteiger partial charge in [0.1, 0.15) is 0 Å². The Kier molecular flexibility index (Phi) is 7.80. The Morgan fingerprint density at radius 1 is 1.06 bits per heavy atom. The monoisotopic (exact) mass is 515 g/mol. The van der Waals surface area contributed by atoms with Gasteiger partial charge in [0.2, 0.25) is 16.0 Å². The number of aromatic nitrogens is 2. The first kappa shape index (κ1) is 25.2. The summed E-state index contributed by atoms with van der Waals surface area (Å²) < 4.78 is 32.9. The second-order valence-electron chi connectivity index (χ2n) is 8.40. The van der Waals surface area contributed by atoms with E-state index in [2.05, 4.69) is 26.3 Å². The molecule has 0 N–H and O–H groups in total. The predicted molar refractivity (Wildman–Crippen MR) is 136 cm³/mol. The standard InChI is InChI=1S/C24H29N5O4S2/c1-4-33-23(30)19-15-25-24(26-16-19)28-10-12-29(13-11-28)35(31,32)20-7-5-18(6-8-20)21-9-14-34-22(21)17-27(2)3/h5-9,14-16H,4,10-13,17H2,1-3H3. The Labute approximate surface area is 210 Å². The van der Waals surface area contributed by atoms with Crippen LogP contribution in [0.5, 0.6) is 0 Å². The number of hydrogen-bond acceptors (Lipinski definition) is 9. The molecule has 1 aromatic carbocycles. The number of carbonyl (C=O) groups is 1. The summed E-state index contributed by atoms with van der Waals surface area (Å²) in [6, 6.07) is 9.21. The van der Waals surface area contributed by atoms with Crippen LogP contribution in [0.2, 0.25) is 0 Å². The first-order chi connectivity index (χ1) is 16.8. The smallest absolute Gasteiger partial charge is 0.341 e. The molecule has 0 atom stereocenters. The van der Waals surface area contributed by atoms with Crippen LogP contribution in [-0.4, -0.2) is 80.4 Å². The summed E-state index contributed by atoms with van der Waals surface area (Å²) in [5.41, 5.74) is 2.43. The molecule has 2 aromatic heterocycles. The molecule has 186 valence electrons. The first-order valence-corrected chi connectivity index (χ1v) is 13.7. The van der Waals surface area contributed by atoms with Crippen molar-refractivity contribution < 1.29 is 17.9 Å². The van der Waals surface area contributed by atoms with Gasteiger partial charge in [0.05, 0.1) is 17.1 Å². The molecule has 1 saturated heterocycles. The number of benzene rings is 1. The third-order valence-electron chi connectivity index (χ3n) is 5.68. The second kappa shape index (κ2) is 10.8. The number of thiophene rings is 1. The maximum absolute atomic E-state index is 13.2. The van der Waals surface area contributed by atoms with Crippen LogP contribution in [-0.2, 0) is 21.3 Å². The predicted octanol–water partition coefficient (Wildman–Crippen LogP) is 2.95. The molecule has 0 bridgehead atoms. The Bertz CT molecular complexity index is 1250. The molecule has 1 aliphatic heterocycles. The van der Waals surface area contributed by atoms with Gasteiger partial charge in [-0.05, 0) is 55.7 Å². The number of ether oxygens (including phenoxy) is 1. The van der Waals surface area contributed by atoms with E-state index in [1.165, 1.54) is 21.6 Å². The molecular formula is C24H29N5O4S2. The van der Waals surface area contributed by atoms with Crippen molar-refractivity contribution in [1.29, 1.82) is 0 Å². The van der Waals surface area contributed by atoms with Crippen molar-refractivity contribution >= 4 is 33.3 Å². The summed E-state index contributed by atoms with van der Waals surface area (Å²) in [5, 5.41) is 2.06. The van der Waals surface area contributed by atoms with Gasteiger partial charge in [-0.15, -0.1) is 11.3 Å². The lowest BCUT2D eigenvalue weighted by atomic mass is 10.1. The summed E-state index contributed by atoms with van der Waals surface area (Å²) in [6.07, 6.45) is 2.87. The van der Waals surface area contributed by atoms with Crippen molar-refractivity contribution in [3.05, 3.63) is 58.5 Å². The topological polar surface area (TPSA) is 95.9 Å². The molecule has 1 aliphatic rings. The Balaban J connectivity index is 1.41. The molecule has 3 aromatic rings. The fourth-order valence-corrected chi connectivity index (χ4v) is 6.33. The number of anilines is 1. The lowest BCUT2D eigenvalue weighted by Gasteiger charge is -2.34. The van der Waals surface area contributed by atoms with Crippen molar-refractivity contribution in [2.24, 2.45) is 0 Å². The van der Waals surface area contributed by atoms with Crippen LogP contribution in [0.3, 0.4) is 0 Å². The number of piperazine rings is 1. The van der Waals surface area contributed by atoms with E-state index >= 15 is 0 Å². The second-order valence-corrected chi connectivity index (χ2v) is 11.3. The van der Waals surface area contributed by atoms with Gasteiger partial charge in [-0.25, -0.2) is 23.2 Å². The number of carbonyl (C=O) groups excluding carboxylic acids is 1. The Hall–Kier alpha value is -2.86. The first-order valence-electron chi connectivity index (χ1n) is 11.4. The minimum atomic E-state index is -3.61. The van der Waals surface area contributed by atoms with Gasteiger partial charge in [0, 0.05) is 50.0 Å². The number of hydrogen-bond donors (Lipinski definition) is 0. The van der Waals surface area contributed by atoms with Crippen LogP contribution in [0, 0.1) is 0 Å². The Morgan fingerprint density at radius 3 is 2.31 bits per heavy atom. The molecule has 3 heterocycles. The maximum Gasteiger partial charge on any atom is 0.341 e. The van der Waals surface area contributed by atoms with Crippen molar-refractivity contribution in [2.45, 2.75) is 18.4 Å². The Morgan fingerprint density at radius 2 is 1.71 bits per heavy atom. The van der Waals surface area contributed by atoms with Gasteiger partial charge < -0.3 is 14.5 Å². The zero-order chi connectivity index (χ0) is 25.0. The molecule has 0 unspecified atom stereocenters. The maximum atomic E-state index is 13.2. The van der Waals surface area contributed by atoms with Crippen LogP contribution in [0.4, 0.5) is 5.95 Å². The lowest BCUT2D eigenvalue weighted by molar-refractivity contribution is 0.0525. The van der Waals surface area contributed by atoms with Gasteiger partial charge in [0.25, 0.3) is 0 Å². The highest BCUT2D eigenvalue weighted by Gasteiger charge is 2.29. The van der Waals surface area contributed by atoms with Crippen LogP contribution in [0.25, 0.3) is 11.1 Å². The molecule has 9 nitrogen and oxygen atoms in total. The third kappa shape index (κ3) is 5.69. The largest absolute Gasteiger partial charge is 0.462 e. The average molecular weight is 516 g/mol. The highest BCUT2D eigenvalue weighted by Crippen LogP contribution is 2.30. The van der Waals surface area contributed by atoms with E-state index in [4.69, 9.17) is 4.74 Å². The lowest BCUT2D eigenvalue weighted by Crippen LogP contribution is -2.49. The van der Waals surface area contributed by atoms with Crippen molar-refractivity contribution in [3.63, 3.8) is 0 Å². The summed E-state index contributed by atoms with van der Waals surface area (Å²) in [4.78, 5) is 25.8. The number of sulfonamides is 1. The number of esters is 1. The fourth-order valence-electron chi connectivity index (χ4n) is 3.90. The van der Waals surface area contributed by atoms with E-state index in [-0.39, 0.29) is 17.1 Å². The summed E-state index contributed by atoms with van der Waals surface area (Å²) in [5.74, 6) is -0.00218. The minimum absolute atomic E-state index is 0.283. The molecule has 0 aliphatic carbocycles. The summed E-state index contributed by atoms with van der Waals surface area (Å²) >= 11 is 1.70. The van der Waals surface area contributed by atoms with Gasteiger partial charge in [-0.3, -0.25) is 0 Å². The number of rotatable bonds is 8. The molecule has 4 rings (SSSR count). The van der Waals surface area contributed by atoms with Crippen LogP contribution in [0.1, 0.15) is 22.2 Å². The molecule has 11 heteroatoms.